The molecular formula is C16H13Br. The van der Waals surface area contributed by atoms with Crippen molar-refractivity contribution in [2.45, 2.75) is 13.3 Å². The first-order valence-corrected chi connectivity index (χ1v) is 6.58. The summed E-state index contributed by atoms with van der Waals surface area (Å²) in [6.45, 7) is 2.20. The molecule has 17 heavy (non-hydrogen) atoms. The van der Waals surface area contributed by atoms with Crippen LogP contribution in [0.15, 0.2) is 52.5 Å². The highest BCUT2D eigenvalue weighted by Gasteiger charge is 2.13. The second kappa shape index (κ2) is 4.15. The molecule has 0 aromatic heterocycles. The summed E-state index contributed by atoms with van der Waals surface area (Å²) >= 11 is 3.54. The molecule has 0 saturated heterocycles. The van der Waals surface area contributed by atoms with E-state index < -0.39 is 0 Å². The molecule has 0 radical (unpaired) electrons. The number of hydrogen-bond acceptors (Lipinski definition) is 0. The molecule has 84 valence electrons. The lowest BCUT2D eigenvalue weighted by atomic mass is 9.97. The normalized spacial score (nSPS) is 13.4. The Labute approximate surface area is 110 Å². The smallest absolute Gasteiger partial charge is 0.0181 e. The van der Waals surface area contributed by atoms with Gasteiger partial charge in [-0.1, -0.05) is 57.9 Å². The topological polar surface area (TPSA) is 0 Å². The van der Waals surface area contributed by atoms with Crippen LogP contribution in [0, 0.1) is 0 Å². The average Bonchev–Trinajstić information content (AvgIpc) is 2.68. The third-order valence-corrected chi connectivity index (χ3v) is 3.69. The van der Waals surface area contributed by atoms with Crippen molar-refractivity contribution in [2.75, 3.05) is 0 Å². The summed E-state index contributed by atoms with van der Waals surface area (Å²) in [5, 5.41) is 0. The molecule has 0 spiro atoms. The van der Waals surface area contributed by atoms with Gasteiger partial charge in [0.05, 0.1) is 0 Å². The average molecular weight is 285 g/mol. The molecule has 0 aliphatic heterocycles. The summed E-state index contributed by atoms with van der Waals surface area (Å²) in [5.74, 6) is 0. The van der Waals surface area contributed by atoms with Crippen molar-refractivity contribution >= 4 is 22.0 Å². The predicted molar refractivity (Wildman–Crippen MR) is 76.9 cm³/mol. The van der Waals surface area contributed by atoms with Crippen molar-refractivity contribution in [3.05, 3.63) is 63.6 Å². The Morgan fingerprint density at radius 3 is 2.71 bits per heavy atom. The molecule has 0 amide bonds. The van der Waals surface area contributed by atoms with Crippen LogP contribution in [0.25, 0.3) is 17.2 Å². The fourth-order valence-corrected chi connectivity index (χ4v) is 2.84. The lowest BCUT2D eigenvalue weighted by Gasteiger charge is -2.08. The van der Waals surface area contributed by atoms with Gasteiger partial charge in [-0.2, -0.15) is 0 Å². The van der Waals surface area contributed by atoms with E-state index in [1.54, 1.807) is 0 Å². The van der Waals surface area contributed by atoms with Gasteiger partial charge in [0.25, 0.3) is 0 Å². The van der Waals surface area contributed by atoms with Crippen molar-refractivity contribution < 1.29 is 0 Å². The van der Waals surface area contributed by atoms with Crippen LogP contribution < -0.4 is 0 Å². The van der Waals surface area contributed by atoms with Crippen molar-refractivity contribution in [2.24, 2.45) is 0 Å². The van der Waals surface area contributed by atoms with Crippen molar-refractivity contribution in [3.63, 3.8) is 0 Å². The number of benzene rings is 2. The first-order chi connectivity index (χ1) is 8.24. The Morgan fingerprint density at radius 1 is 1.06 bits per heavy atom. The molecular weight excluding hydrogens is 272 g/mol. The van der Waals surface area contributed by atoms with Gasteiger partial charge in [-0.25, -0.2) is 0 Å². The molecule has 1 aliphatic carbocycles. The third kappa shape index (κ3) is 1.96. The molecule has 0 unspecified atom stereocenters. The summed E-state index contributed by atoms with van der Waals surface area (Å²) in [7, 11) is 0. The summed E-state index contributed by atoms with van der Waals surface area (Å²) in [6.07, 6.45) is 3.41. The zero-order chi connectivity index (χ0) is 11.8. The van der Waals surface area contributed by atoms with Gasteiger partial charge in [0, 0.05) is 4.47 Å². The fraction of sp³-hybridized carbons (Fsp3) is 0.125. The number of halogens is 1. The van der Waals surface area contributed by atoms with Crippen LogP contribution in [-0.4, -0.2) is 0 Å². The van der Waals surface area contributed by atoms with Crippen LogP contribution in [0.1, 0.15) is 18.1 Å². The summed E-state index contributed by atoms with van der Waals surface area (Å²) in [6, 6.07) is 15.1. The van der Waals surface area contributed by atoms with Gasteiger partial charge in [-0.05, 0) is 47.7 Å². The van der Waals surface area contributed by atoms with Crippen molar-refractivity contribution in [1.82, 2.24) is 0 Å². The monoisotopic (exact) mass is 284 g/mol. The highest BCUT2D eigenvalue weighted by atomic mass is 79.9. The van der Waals surface area contributed by atoms with Gasteiger partial charge in [0.15, 0.2) is 0 Å². The van der Waals surface area contributed by atoms with E-state index >= 15 is 0 Å². The highest BCUT2D eigenvalue weighted by Crippen LogP contribution is 2.34. The largest absolute Gasteiger partial charge is 0.0683 e. The van der Waals surface area contributed by atoms with Gasteiger partial charge < -0.3 is 0 Å². The summed E-state index contributed by atoms with van der Waals surface area (Å²) < 4.78 is 1.13. The lowest BCUT2D eigenvalue weighted by Crippen LogP contribution is -1.87. The van der Waals surface area contributed by atoms with E-state index in [0.717, 1.165) is 10.9 Å². The zero-order valence-electron chi connectivity index (χ0n) is 9.70. The Hall–Kier alpha value is -1.34. The summed E-state index contributed by atoms with van der Waals surface area (Å²) in [4.78, 5) is 0. The quantitative estimate of drug-likeness (QED) is 0.685. The Morgan fingerprint density at radius 2 is 1.88 bits per heavy atom. The third-order valence-electron chi connectivity index (χ3n) is 3.19. The molecule has 0 atom stereocenters. The molecule has 1 aliphatic rings. The number of allylic oxidation sites excluding steroid dienone is 1. The Balaban J connectivity index is 2.20. The minimum Gasteiger partial charge on any atom is -0.0683 e. The molecule has 0 nitrogen and oxygen atoms in total. The molecule has 0 bridgehead atoms. The Kier molecular flexibility index (Phi) is 2.64. The second-order valence-electron chi connectivity index (χ2n) is 4.56. The zero-order valence-corrected chi connectivity index (χ0v) is 11.3. The predicted octanol–water partition coefficient (Wildman–Crippen LogP) is 5.08. The number of hydrogen-bond donors (Lipinski definition) is 0. The van der Waals surface area contributed by atoms with E-state index in [-0.39, 0.29) is 0 Å². The number of fused-ring (bicyclic) bond motifs is 1. The maximum atomic E-state index is 3.54. The van der Waals surface area contributed by atoms with E-state index in [2.05, 4.69) is 71.4 Å². The number of rotatable bonds is 1. The lowest BCUT2D eigenvalue weighted by molar-refractivity contribution is 1.20. The molecule has 0 saturated carbocycles. The second-order valence-corrected chi connectivity index (χ2v) is 5.47. The van der Waals surface area contributed by atoms with Crippen LogP contribution in [-0.2, 0) is 6.42 Å². The fourth-order valence-electron chi connectivity index (χ4n) is 2.44. The van der Waals surface area contributed by atoms with Crippen LogP contribution in [0.5, 0.6) is 0 Å². The van der Waals surface area contributed by atoms with Crippen molar-refractivity contribution in [1.29, 1.82) is 0 Å². The standard InChI is InChI=1S/C16H13Br/c1-11-8-12-5-3-7-15(16(12)9-11)13-4-2-6-14(17)10-13/h2-7,9-10H,8H2,1H3. The first-order valence-electron chi connectivity index (χ1n) is 5.79. The summed E-state index contributed by atoms with van der Waals surface area (Å²) in [5.41, 5.74) is 6.90. The SMILES string of the molecule is CC1=Cc2c(cccc2-c2cccc(Br)c2)C1. The van der Waals surface area contributed by atoms with Crippen LogP contribution in [0.2, 0.25) is 0 Å². The molecule has 2 aromatic rings. The molecule has 0 heterocycles. The van der Waals surface area contributed by atoms with Crippen LogP contribution in [0.3, 0.4) is 0 Å². The van der Waals surface area contributed by atoms with Gasteiger partial charge in [0.2, 0.25) is 0 Å². The van der Waals surface area contributed by atoms with E-state index in [1.807, 2.05) is 0 Å². The van der Waals surface area contributed by atoms with Gasteiger partial charge in [-0.15, -0.1) is 0 Å². The van der Waals surface area contributed by atoms with Gasteiger partial charge >= 0.3 is 0 Å². The van der Waals surface area contributed by atoms with E-state index in [1.165, 1.54) is 27.8 Å². The van der Waals surface area contributed by atoms with E-state index in [9.17, 15) is 0 Å². The molecule has 2 aromatic carbocycles. The van der Waals surface area contributed by atoms with Crippen LogP contribution in [0.4, 0.5) is 0 Å². The maximum Gasteiger partial charge on any atom is 0.0181 e. The maximum absolute atomic E-state index is 3.54. The highest BCUT2D eigenvalue weighted by molar-refractivity contribution is 9.10. The molecule has 1 heteroatoms. The minimum atomic E-state index is 1.09. The van der Waals surface area contributed by atoms with Crippen molar-refractivity contribution in [3.8, 4) is 11.1 Å². The van der Waals surface area contributed by atoms with Gasteiger partial charge in [-0.3, -0.25) is 0 Å². The first kappa shape index (κ1) is 10.8. The Bertz CT molecular complexity index is 609. The molecule has 0 fully saturated rings. The van der Waals surface area contributed by atoms with E-state index in [4.69, 9.17) is 0 Å². The van der Waals surface area contributed by atoms with Gasteiger partial charge in [0.1, 0.15) is 0 Å². The minimum absolute atomic E-state index is 1.09. The molecule has 0 N–H and O–H groups in total. The van der Waals surface area contributed by atoms with E-state index in [0.29, 0.717) is 0 Å². The molecule has 3 rings (SSSR count). The van der Waals surface area contributed by atoms with Crippen LogP contribution >= 0.6 is 15.9 Å².